The maximum atomic E-state index is 13.8. The molecule has 0 bridgehead atoms. The van der Waals surface area contributed by atoms with Gasteiger partial charge in [0, 0.05) is 22.9 Å². The molecule has 244 valence electrons. The number of ether oxygens (including phenoxy) is 1. The first-order chi connectivity index (χ1) is 22.1. The summed E-state index contributed by atoms with van der Waals surface area (Å²) in [5.74, 6) is -0.626. The normalized spacial score (nSPS) is 19.1. The first-order valence-corrected chi connectivity index (χ1v) is 16.8. The molecule has 2 fully saturated rings. The Hall–Kier alpha value is -3.91. The minimum absolute atomic E-state index is 0.108. The molecular weight excluding hydrogens is 602 g/mol. The Balaban J connectivity index is 1.39. The van der Waals surface area contributed by atoms with Gasteiger partial charge in [-0.2, -0.15) is 0 Å². The fourth-order valence-electron chi connectivity index (χ4n) is 6.92. The van der Waals surface area contributed by atoms with Crippen LogP contribution in [-0.2, 0) is 24.5 Å². The summed E-state index contributed by atoms with van der Waals surface area (Å²) >= 11 is 6.39. The van der Waals surface area contributed by atoms with Crippen LogP contribution in [0.1, 0.15) is 82.4 Å². The summed E-state index contributed by atoms with van der Waals surface area (Å²) in [5, 5.41) is 11.1. The van der Waals surface area contributed by atoms with Crippen molar-refractivity contribution < 1.29 is 23.9 Å². The van der Waals surface area contributed by atoms with Crippen molar-refractivity contribution >= 4 is 46.6 Å². The Bertz CT molecular complexity index is 1550. The lowest BCUT2D eigenvalue weighted by Crippen LogP contribution is -2.52. The second-order valence-electron chi connectivity index (χ2n) is 13.3. The highest BCUT2D eigenvalue weighted by atomic mass is 35.5. The number of amides is 3. The van der Waals surface area contributed by atoms with E-state index in [0.29, 0.717) is 30.7 Å². The van der Waals surface area contributed by atoms with Crippen molar-refractivity contribution in [3.63, 3.8) is 0 Å². The van der Waals surface area contributed by atoms with Gasteiger partial charge >= 0.3 is 6.09 Å². The lowest BCUT2D eigenvalue weighted by Gasteiger charge is -2.35. The molecule has 0 aromatic heterocycles. The molecule has 1 unspecified atom stereocenters. The fourth-order valence-corrected chi connectivity index (χ4v) is 7.11. The van der Waals surface area contributed by atoms with Crippen molar-refractivity contribution in [3.05, 3.63) is 82.9 Å². The molecular formula is C37H44ClN3O5. The number of rotatable bonds is 12. The summed E-state index contributed by atoms with van der Waals surface area (Å²) in [6.45, 7) is 4.57. The number of benzene rings is 3. The number of halogens is 1. The van der Waals surface area contributed by atoms with E-state index in [2.05, 4.69) is 16.0 Å². The first-order valence-electron chi connectivity index (χ1n) is 16.4. The van der Waals surface area contributed by atoms with Crippen molar-refractivity contribution in [2.45, 2.75) is 88.8 Å². The van der Waals surface area contributed by atoms with E-state index in [0.717, 1.165) is 54.0 Å². The summed E-state index contributed by atoms with van der Waals surface area (Å²) in [6.07, 6.45) is 5.77. The molecule has 1 saturated carbocycles. The van der Waals surface area contributed by atoms with E-state index in [1.165, 1.54) is 0 Å². The van der Waals surface area contributed by atoms with E-state index in [1.807, 2.05) is 74.5 Å². The Labute approximate surface area is 276 Å². The predicted octanol–water partition coefficient (Wildman–Crippen LogP) is 6.79. The van der Waals surface area contributed by atoms with Crippen LogP contribution in [0.2, 0.25) is 5.02 Å². The molecule has 1 saturated heterocycles. The van der Waals surface area contributed by atoms with Crippen LogP contribution < -0.4 is 16.0 Å². The van der Waals surface area contributed by atoms with Gasteiger partial charge in [0.2, 0.25) is 11.8 Å². The Kier molecular flexibility index (Phi) is 11.0. The van der Waals surface area contributed by atoms with Gasteiger partial charge in [-0.05, 0) is 65.3 Å². The molecule has 0 radical (unpaired) electrons. The van der Waals surface area contributed by atoms with Crippen molar-refractivity contribution in [2.75, 3.05) is 6.54 Å². The number of nitrogens with one attached hydrogen (secondary N) is 3. The third-order valence-corrected chi connectivity index (χ3v) is 9.86. The molecule has 8 nitrogen and oxygen atoms in total. The molecule has 1 heterocycles. The van der Waals surface area contributed by atoms with Crippen LogP contribution in [0.5, 0.6) is 0 Å². The molecule has 4 atom stereocenters. The van der Waals surface area contributed by atoms with Gasteiger partial charge in [0.1, 0.15) is 18.4 Å². The van der Waals surface area contributed by atoms with Crippen molar-refractivity contribution in [1.29, 1.82) is 0 Å². The molecule has 3 N–H and O–H groups in total. The van der Waals surface area contributed by atoms with Gasteiger partial charge < -0.3 is 25.5 Å². The van der Waals surface area contributed by atoms with Crippen molar-refractivity contribution in [2.24, 2.45) is 11.8 Å². The lowest BCUT2D eigenvalue weighted by atomic mass is 9.76. The lowest BCUT2D eigenvalue weighted by molar-refractivity contribution is -0.127. The number of hydrogen-bond donors (Lipinski definition) is 3. The average molecular weight is 646 g/mol. The topological polar surface area (TPSA) is 114 Å². The first kappa shape index (κ1) is 33.5. The van der Waals surface area contributed by atoms with Gasteiger partial charge in [0.15, 0.2) is 0 Å². The van der Waals surface area contributed by atoms with Gasteiger partial charge in [-0.15, -0.1) is 0 Å². The van der Waals surface area contributed by atoms with Gasteiger partial charge in [0.05, 0.1) is 6.04 Å². The van der Waals surface area contributed by atoms with Crippen LogP contribution >= 0.6 is 11.6 Å². The van der Waals surface area contributed by atoms with Crippen molar-refractivity contribution in [1.82, 2.24) is 16.0 Å². The maximum absolute atomic E-state index is 13.8. The molecule has 5 rings (SSSR count). The van der Waals surface area contributed by atoms with Crippen LogP contribution in [-0.4, -0.2) is 42.8 Å². The quantitative estimate of drug-likeness (QED) is 0.188. The Morgan fingerprint density at radius 3 is 2.41 bits per heavy atom. The largest absolute Gasteiger partial charge is 0.440 e. The minimum Gasteiger partial charge on any atom is -0.440 e. The molecule has 9 heteroatoms. The predicted molar refractivity (Wildman–Crippen MR) is 179 cm³/mol. The second-order valence-corrected chi connectivity index (χ2v) is 13.8. The highest BCUT2D eigenvalue weighted by Gasteiger charge is 2.38. The standard InChI is InChI=1S/C37H44ClN3O5/c1-37(2,29-13-8-14-30(38)22-29)33(27-16-15-25-11-6-7-12-26(25)20-27)46-36(45)41-32(19-24-9-4-3-5-10-24)35(44)40-31(23-42)21-28-17-18-39-34(28)43/h6-8,11-16,20,22-24,28,31-33H,3-5,9-10,17-19,21H2,1-2H3,(H,39,43)(H,40,44)(H,41,45)/t28-,31-,32-,33?/m0/s1. The molecule has 0 spiro atoms. The number of aldehydes is 1. The number of carbonyl (C=O) groups is 4. The summed E-state index contributed by atoms with van der Waals surface area (Å²) in [4.78, 5) is 51.6. The van der Waals surface area contributed by atoms with E-state index in [4.69, 9.17) is 16.3 Å². The summed E-state index contributed by atoms with van der Waals surface area (Å²) in [5.41, 5.74) is 1.01. The van der Waals surface area contributed by atoms with E-state index in [-0.39, 0.29) is 24.2 Å². The maximum Gasteiger partial charge on any atom is 0.408 e. The third-order valence-electron chi connectivity index (χ3n) is 9.62. The summed E-state index contributed by atoms with van der Waals surface area (Å²) in [6, 6.07) is 19.8. The van der Waals surface area contributed by atoms with Gasteiger partial charge in [-0.1, -0.05) is 106 Å². The Morgan fingerprint density at radius 2 is 1.72 bits per heavy atom. The van der Waals surface area contributed by atoms with E-state index >= 15 is 0 Å². The highest BCUT2D eigenvalue weighted by Crippen LogP contribution is 2.41. The van der Waals surface area contributed by atoms with Crippen LogP contribution in [0.3, 0.4) is 0 Å². The fraction of sp³-hybridized carbons (Fsp3) is 0.459. The van der Waals surface area contributed by atoms with Crippen LogP contribution in [0.4, 0.5) is 4.79 Å². The van der Waals surface area contributed by atoms with Gasteiger partial charge in [-0.25, -0.2) is 4.79 Å². The molecule has 46 heavy (non-hydrogen) atoms. The molecule has 3 aromatic carbocycles. The monoisotopic (exact) mass is 645 g/mol. The van der Waals surface area contributed by atoms with E-state index in [9.17, 15) is 19.2 Å². The Morgan fingerprint density at radius 1 is 0.957 bits per heavy atom. The zero-order valence-electron chi connectivity index (χ0n) is 26.6. The number of hydrogen-bond acceptors (Lipinski definition) is 5. The zero-order valence-corrected chi connectivity index (χ0v) is 27.4. The van der Waals surface area contributed by atoms with E-state index in [1.54, 1.807) is 6.07 Å². The van der Waals surface area contributed by atoms with Crippen LogP contribution in [0, 0.1) is 11.8 Å². The van der Waals surface area contributed by atoms with Gasteiger partial charge in [-0.3, -0.25) is 9.59 Å². The number of fused-ring (bicyclic) bond motifs is 1. The van der Waals surface area contributed by atoms with Crippen LogP contribution in [0.25, 0.3) is 10.8 Å². The average Bonchev–Trinajstić information content (AvgIpc) is 3.46. The second kappa shape index (κ2) is 15.1. The third kappa shape index (κ3) is 8.27. The highest BCUT2D eigenvalue weighted by molar-refractivity contribution is 6.30. The molecule has 3 aromatic rings. The molecule has 3 amide bonds. The molecule has 1 aliphatic heterocycles. The molecule has 2 aliphatic rings. The van der Waals surface area contributed by atoms with Gasteiger partial charge in [0.25, 0.3) is 0 Å². The molecule has 1 aliphatic carbocycles. The number of carbonyl (C=O) groups excluding carboxylic acids is 4. The SMILES string of the molecule is CC(C)(c1cccc(Cl)c1)C(OC(=O)N[C@@H](CC1CCCCC1)C(=O)N[C@H](C=O)C[C@@H]1CCNC1=O)c1ccc2ccccc2c1. The smallest absolute Gasteiger partial charge is 0.408 e. The van der Waals surface area contributed by atoms with E-state index < -0.39 is 35.6 Å². The summed E-state index contributed by atoms with van der Waals surface area (Å²) in [7, 11) is 0. The van der Waals surface area contributed by atoms with Crippen LogP contribution in [0.15, 0.2) is 66.7 Å². The zero-order chi connectivity index (χ0) is 32.7. The van der Waals surface area contributed by atoms with Crippen molar-refractivity contribution in [3.8, 4) is 0 Å². The number of alkyl carbamates (subject to hydrolysis) is 1. The minimum atomic E-state index is -0.901. The summed E-state index contributed by atoms with van der Waals surface area (Å²) < 4.78 is 6.27.